The number of hydrogen-bond acceptors (Lipinski definition) is 5. The fraction of sp³-hybridized carbons (Fsp3) is 0.250. The van der Waals surface area contributed by atoms with Crippen LogP contribution >= 0.6 is 0 Å². The van der Waals surface area contributed by atoms with Gasteiger partial charge in [0.15, 0.2) is 0 Å². The van der Waals surface area contributed by atoms with Crippen molar-refractivity contribution < 1.29 is 23.9 Å². The first-order chi connectivity index (χ1) is 13.6. The number of ether oxygens (including phenoxy) is 2. The molecule has 2 aromatic carbocycles. The summed E-state index contributed by atoms with van der Waals surface area (Å²) in [5, 5.41) is 5.25. The second kappa shape index (κ2) is 8.90. The Labute approximate surface area is 162 Å². The molecule has 0 aromatic heterocycles. The highest BCUT2D eigenvalue weighted by molar-refractivity contribution is 6.02. The Morgan fingerprint density at radius 3 is 2.50 bits per heavy atom. The van der Waals surface area contributed by atoms with E-state index in [9.17, 15) is 14.4 Å². The van der Waals surface area contributed by atoms with Crippen molar-refractivity contribution in [3.8, 4) is 11.5 Å². The van der Waals surface area contributed by atoms with Gasteiger partial charge in [-0.2, -0.15) is 0 Å². The van der Waals surface area contributed by atoms with E-state index in [-0.39, 0.29) is 24.9 Å². The van der Waals surface area contributed by atoms with Crippen LogP contribution in [0.2, 0.25) is 0 Å². The fourth-order valence-corrected chi connectivity index (χ4v) is 2.77. The van der Waals surface area contributed by atoms with Gasteiger partial charge in [-0.15, -0.1) is 0 Å². The highest BCUT2D eigenvalue weighted by Crippen LogP contribution is 2.17. The number of imide groups is 1. The minimum atomic E-state index is -0.451. The second-order valence-corrected chi connectivity index (χ2v) is 6.08. The number of carbonyl (C=O) groups excluding carboxylic acids is 3. The molecule has 8 nitrogen and oxygen atoms in total. The molecule has 4 amide bonds. The van der Waals surface area contributed by atoms with E-state index in [0.717, 1.165) is 10.6 Å². The Morgan fingerprint density at radius 2 is 1.82 bits per heavy atom. The van der Waals surface area contributed by atoms with Crippen molar-refractivity contribution in [2.45, 2.75) is 6.54 Å². The number of nitrogens with one attached hydrogen (secondary N) is 2. The topological polar surface area (TPSA) is 97.0 Å². The zero-order valence-electron chi connectivity index (χ0n) is 15.4. The minimum Gasteiger partial charge on any atom is -0.497 e. The average molecular weight is 383 g/mol. The molecule has 1 heterocycles. The van der Waals surface area contributed by atoms with Gasteiger partial charge in [0.25, 0.3) is 5.91 Å². The van der Waals surface area contributed by atoms with E-state index in [0.29, 0.717) is 30.0 Å². The van der Waals surface area contributed by atoms with Crippen molar-refractivity contribution in [2.24, 2.45) is 0 Å². The summed E-state index contributed by atoms with van der Waals surface area (Å²) in [5.74, 6) is 0.811. The van der Waals surface area contributed by atoms with Crippen molar-refractivity contribution in [1.82, 2.24) is 15.5 Å². The molecule has 0 unspecified atom stereocenters. The molecule has 1 saturated heterocycles. The molecule has 146 valence electrons. The van der Waals surface area contributed by atoms with Gasteiger partial charge in [0, 0.05) is 5.56 Å². The van der Waals surface area contributed by atoms with Crippen LogP contribution in [-0.2, 0) is 11.3 Å². The molecule has 0 spiro atoms. The summed E-state index contributed by atoms with van der Waals surface area (Å²) in [6.07, 6.45) is 0. The smallest absolute Gasteiger partial charge is 0.324 e. The zero-order chi connectivity index (χ0) is 19.9. The first-order valence-corrected chi connectivity index (χ1v) is 8.79. The van der Waals surface area contributed by atoms with Crippen LogP contribution in [-0.4, -0.2) is 49.6 Å². The van der Waals surface area contributed by atoms with Crippen LogP contribution in [0.5, 0.6) is 11.5 Å². The summed E-state index contributed by atoms with van der Waals surface area (Å²) < 4.78 is 10.7. The summed E-state index contributed by atoms with van der Waals surface area (Å²) in [7, 11) is 1.59. The van der Waals surface area contributed by atoms with Crippen molar-refractivity contribution in [1.29, 1.82) is 0 Å². The molecule has 1 aliphatic heterocycles. The monoisotopic (exact) mass is 383 g/mol. The van der Waals surface area contributed by atoms with Gasteiger partial charge in [0.1, 0.15) is 18.1 Å². The number of methoxy groups -OCH3 is 1. The first-order valence-electron chi connectivity index (χ1n) is 8.79. The van der Waals surface area contributed by atoms with Gasteiger partial charge in [-0.3, -0.25) is 14.5 Å². The molecule has 1 aliphatic rings. The number of rotatable bonds is 8. The quantitative estimate of drug-likeness (QED) is 0.533. The molecule has 0 atom stereocenters. The van der Waals surface area contributed by atoms with Gasteiger partial charge in [-0.1, -0.05) is 18.2 Å². The van der Waals surface area contributed by atoms with Crippen LogP contribution in [0.3, 0.4) is 0 Å². The van der Waals surface area contributed by atoms with Crippen molar-refractivity contribution in [3.05, 3.63) is 59.7 Å². The van der Waals surface area contributed by atoms with Crippen LogP contribution in [0, 0.1) is 0 Å². The van der Waals surface area contributed by atoms with E-state index in [1.165, 1.54) is 0 Å². The Balaban J connectivity index is 1.54. The summed E-state index contributed by atoms with van der Waals surface area (Å²) >= 11 is 0. The fourth-order valence-electron chi connectivity index (χ4n) is 2.77. The highest BCUT2D eigenvalue weighted by atomic mass is 16.5. The van der Waals surface area contributed by atoms with Crippen molar-refractivity contribution in [3.63, 3.8) is 0 Å². The lowest BCUT2D eigenvalue weighted by Gasteiger charge is -2.15. The Kier molecular flexibility index (Phi) is 6.11. The molecule has 0 bridgehead atoms. The summed E-state index contributed by atoms with van der Waals surface area (Å²) in [6, 6.07) is 13.6. The maximum absolute atomic E-state index is 12.5. The third-order valence-corrected chi connectivity index (χ3v) is 4.24. The standard InChI is InChI=1S/C20H21N3O5/c1-27-15-6-8-16(9-7-15)28-11-10-21-19(25)17-5-3-2-4-14(17)13-23-18(24)12-22-20(23)26/h2-9H,10-13H2,1H3,(H,21,25)(H,22,26). The second-order valence-electron chi connectivity index (χ2n) is 6.08. The van der Waals surface area contributed by atoms with Crippen LogP contribution in [0.1, 0.15) is 15.9 Å². The number of hydrogen-bond donors (Lipinski definition) is 2. The van der Waals surface area contributed by atoms with Gasteiger partial charge in [-0.25, -0.2) is 4.79 Å². The van der Waals surface area contributed by atoms with E-state index >= 15 is 0 Å². The highest BCUT2D eigenvalue weighted by Gasteiger charge is 2.29. The molecule has 0 radical (unpaired) electrons. The molecule has 2 aromatic rings. The zero-order valence-corrected chi connectivity index (χ0v) is 15.4. The Bertz CT molecular complexity index is 850. The van der Waals surface area contributed by atoms with Gasteiger partial charge < -0.3 is 20.1 Å². The van der Waals surface area contributed by atoms with Gasteiger partial charge >= 0.3 is 6.03 Å². The number of carbonyl (C=O) groups is 3. The maximum atomic E-state index is 12.5. The summed E-state index contributed by atoms with van der Waals surface area (Å²) in [6.45, 7) is 0.641. The third kappa shape index (κ3) is 4.59. The van der Waals surface area contributed by atoms with E-state index < -0.39 is 6.03 Å². The molecular weight excluding hydrogens is 362 g/mol. The van der Waals surface area contributed by atoms with E-state index in [4.69, 9.17) is 9.47 Å². The molecule has 28 heavy (non-hydrogen) atoms. The Hall–Kier alpha value is -3.55. The third-order valence-electron chi connectivity index (χ3n) is 4.24. The van der Waals surface area contributed by atoms with E-state index in [2.05, 4.69) is 10.6 Å². The molecule has 0 aliphatic carbocycles. The normalized spacial score (nSPS) is 13.2. The van der Waals surface area contributed by atoms with Crippen LogP contribution in [0.25, 0.3) is 0 Å². The largest absolute Gasteiger partial charge is 0.497 e. The first kappa shape index (κ1) is 19.2. The number of nitrogens with zero attached hydrogens (tertiary/aromatic N) is 1. The predicted octanol–water partition coefficient (Wildman–Crippen LogP) is 1.56. The SMILES string of the molecule is COc1ccc(OCCNC(=O)c2ccccc2CN2C(=O)CNC2=O)cc1. The van der Waals surface area contributed by atoms with Gasteiger partial charge in [0.05, 0.1) is 26.7 Å². The molecule has 3 rings (SSSR count). The van der Waals surface area contributed by atoms with Crippen LogP contribution < -0.4 is 20.1 Å². The predicted molar refractivity (Wildman–Crippen MR) is 101 cm³/mol. The molecule has 1 fully saturated rings. The lowest BCUT2D eigenvalue weighted by atomic mass is 10.1. The average Bonchev–Trinajstić information content (AvgIpc) is 3.04. The summed E-state index contributed by atoms with van der Waals surface area (Å²) in [5.41, 5.74) is 1.01. The van der Waals surface area contributed by atoms with Gasteiger partial charge in [0.2, 0.25) is 5.91 Å². The molecule has 2 N–H and O–H groups in total. The Morgan fingerprint density at radius 1 is 1.11 bits per heavy atom. The number of amides is 4. The number of urea groups is 1. The summed E-state index contributed by atoms with van der Waals surface area (Å²) in [4.78, 5) is 37.1. The lowest BCUT2D eigenvalue weighted by Crippen LogP contribution is -2.33. The maximum Gasteiger partial charge on any atom is 0.324 e. The minimum absolute atomic E-state index is 0.0180. The molecule has 8 heteroatoms. The molecule has 0 saturated carbocycles. The van der Waals surface area contributed by atoms with Crippen LogP contribution in [0.15, 0.2) is 48.5 Å². The van der Waals surface area contributed by atoms with E-state index in [1.54, 1.807) is 55.6 Å². The number of benzene rings is 2. The van der Waals surface area contributed by atoms with Gasteiger partial charge in [-0.05, 0) is 35.9 Å². The van der Waals surface area contributed by atoms with Crippen LogP contribution in [0.4, 0.5) is 4.79 Å². The van der Waals surface area contributed by atoms with Crippen molar-refractivity contribution >= 4 is 17.8 Å². The lowest BCUT2D eigenvalue weighted by molar-refractivity contribution is -0.125. The van der Waals surface area contributed by atoms with Crippen molar-refractivity contribution in [2.75, 3.05) is 26.8 Å². The molecular formula is C20H21N3O5. The van der Waals surface area contributed by atoms with E-state index in [1.807, 2.05) is 0 Å².